The maximum atomic E-state index is 2.41. The van der Waals surface area contributed by atoms with E-state index in [1.165, 1.54) is 44.2 Å². The van der Waals surface area contributed by atoms with Gasteiger partial charge >= 0.3 is 0 Å². The summed E-state index contributed by atoms with van der Waals surface area (Å²) in [7, 11) is 0. The van der Waals surface area contributed by atoms with Crippen molar-refractivity contribution in [3.05, 3.63) is 231 Å². The van der Waals surface area contributed by atoms with Gasteiger partial charge < -0.3 is 9.80 Å². The van der Waals surface area contributed by atoms with E-state index < -0.39 is 0 Å². The van der Waals surface area contributed by atoms with Gasteiger partial charge in [0.05, 0.1) is 5.69 Å². The first-order chi connectivity index (χ1) is 26.8. The number of anilines is 6. The Labute approximate surface area is 317 Å². The second-order valence-corrected chi connectivity index (χ2v) is 13.4. The molecule has 2 nitrogen and oxygen atoms in total. The average molecular weight is 691 g/mol. The second-order valence-electron chi connectivity index (χ2n) is 13.4. The van der Waals surface area contributed by atoms with Gasteiger partial charge in [-0.15, -0.1) is 0 Å². The molecular weight excluding hydrogens is 653 g/mol. The van der Waals surface area contributed by atoms with Crippen molar-refractivity contribution in [2.24, 2.45) is 0 Å². The number of nitrogens with zero attached hydrogens (tertiary/aromatic N) is 2. The smallest absolute Gasteiger partial charge is 0.0540 e. The molecule has 0 N–H and O–H groups in total. The molecule has 9 aromatic rings. The molecule has 0 radical (unpaired) electrons. The third-order valence-corrected chi connectivity index (χ3v) is 10.0. The molecule has 0 aliphatic carbocycles. The lowest BCUT2D eigenvalue weighted by Gasteiger charge is -2.28. The lowest BCUT2D eigenvalue weighted by molar-refractivity contribution is 1.28. The van der Waals surface area contributed by atoms with Crippen molar-refractivity contribution in [1.29, 1.82) is 0 Å². The van der Waals surface area contributed by atoms with E-state index in [1.54, 1.807) is 0 Å². The summed E-state index contributed by atoms with van der Waals surface area (Å²) in [6, 6.07) is 82.5. The number of hydrogen-bond donors (Lipinski definition) is 0. The first kappa shape index (κ1) is 32.7. The van der Waals surface area contributed by atoms with Crippen molar-refractivity contribution in [3.63, 3.8) is 0 Å². The fourth-order valence-corrected chi connectivity index (χ4v) is 7.47. The fraction of sp³-hybridized carbons (Fsp3) is 0. The minimum absolute atomic E-state index is 1.10. The van der Waals surface area contributed by atoms with E-state index in [2.05, 4.69) is 240 Å². The Balaban J connectivity index is 1.18. The molecule has 0 unspecified atom stereocenters. The maximum absolute atomic E-state index is 2.41. The first-order valence-corrected chi connectivity index (χ1v) is 18.4. The summed E-state index contributed by atoms with van der Waals surface area (Å²) >= 11 is 0. The van der Waals surface area contributed by atoms with Gasteiger partial charge in [0.15, 0.2) is 0 Å². The van der Waals surface area contributed by atoms with Gasteiger partial charge in [-0.1, -0.05) is 158 Å². The van der Waals surface area contributed by atoms with Crippen LogP contribution in [0.15, 0.2) is 231 Å². The van der Waals surface area contributed by atoms with Crippen LogP contribution in [0.5, 0.6) is 0 Å². The lowest BCUT2D eigenvalue weighted by Crippen LogP contribution is -2.11. The molecule has 0 amide bonds. The van der Waals surface area contributed by atoms with Gasteiger partial charge in [0.25, 0.3) is 0 Å². The van der Waals surface area contributed by atoms with Gasteiger partial charge in [-0.05, 0) is 112 Å². The zero-order chi connectivity index (χ0) is 36.1. The number of fused-ring (bicyclic) bond motifs is 1. The molecule has 0 aliphatic heterocycles. The van der Waals surface area contributed by atoms with Crippen molar-refractivity contribution < 1.29 is 0 Å². The van der Waals surface area contributed by atoms with Crippen molar-refractivity contribution in [3.8, 4) is 33.4 Å². The van der Waals surface area contributed by atoms with E-state index in [0.717, 1.165) is 34.1 Å². The molecule has 0 heterocycles. The van der Waals surface area contributed by atoms with E-state index in [1.807, 2.05) is 0 Å². The molecule has 0 saturated carbocycles. The third kappa shape index (κ3) is 6.53. The van der Waals surface area contributed by atoms with Crippen LogP contribution in [0.4, 0.5) is 34.1 Å². The first-order valence-electron chi connectivity index (χ1n) is 18.4. The van der Waals surface area contributed by atoms with Crippen molar-refractivity contribution in [2.45, 2.75) is 0 Å². The molecule has 2 heteroatoms. The molecule has 0 aromatic heterocycles. The normalized spacial score (nSPS) is 11.0. The minimum Gasteiger partial charge on any atom is -0.311 e. The Morgan fingerprint density at radius 2 is 0.648 bits per heavy atom. The number of para-hydroxylation sites is 3. The highest BCUT2D eigenvalue weighted by atomic mass is 15.1. The highest BCUT2D eigenvalue weighted by molar-refractivity contribution is 6.06. The molecule has 9 aromatic carbocycles. The molecule has 9 rings (SSSR count). The van der Waals surface area contributed by atoms with Gasteiger partial charge in [-0.3, -0.25) is 0 Å². The predicted octanol–water partition coefficient (Wildman–Crippen LogP) is 14.8. The average Bonchev–Trinajstić information content (AvgIpc) is 3.26. The molecule has 0 aliphatic rings. The van der Waals surface area contributed by atoms with E-state index in [-0.39, 0.29) is 0 Å². The third-order valence-electron chi connectivity index (χ3n) is 10.0. The predicted molar refractivity (Wildman–Crippen MR) is 230 cm³/mol. The lowest BCUT2D eigenvalue weighted by atomic mass is 9.95. The van der Waals surface area contributed by atoms with Crippen LogP contribution in [-0.4, -0.2) is 0 Å². The second kappa shape index (κ2) is 14.8. The van der Waals surface area contributed by atoms with Gasteiger partial charge in [0.1, 0.15) is 0 Å². The van der Waals surface area contributed by atoms with E-state index >= 15 is 0 Å². The van der Waals surface area contributed by atoms with Crippen LogP contribution in [0.25, 0.3) is 44.2 Å². The fourth-order valence-electron chi connectivity index (χ4n) is 7.47. The van der Waals surface area contributed by atoms with Gasteiger partial charge in [0, 0.05) is 33.8 Å². The quantitative estimate of drug-likeness (QED) is 0.149. The molecule has 0 atom stereocenters. The molecular formula is C52H38N2. The Hall–Kier alpha value is -7.16. The Kier molecular flexibility index (Phi) is 8.99. The van der Waals surface area contributed by atoms with Crippen molar-refractivity contribution in [1.82, 2.24) is 0 Å². The highest BCUT2D eigenvalue weighted by Crippen LogP contribution is 2.44. The molecule has 0 fully saturated rings. The van der Waals surface area contributed by atoms with E-state index in [0.29, 0.717) is 0 Å². The van der Waals surface area contributed by atoms with Gasteiger partial charge in [0.2, 0.25) is 0 Å². The number of rotatable bonds is 9. The summed E-state index contributed by atoms with van der Waals surface area (Å²) in [6.07, 6.45) is 0. The molecule has 256 valence electrons. The summed E-state index contributed by atoms with van der Waals surface area (Å²) < 4.78 is 0. The largest absolute Gasteiger partial charge is 0.311 e. The highest BCUT2D eigenvalue weighted by Gasteiger charge is 2.19. The molecule has 0 bridgehead atoms. The SMILES string of the molecule is c1ccc(-c2cc(-c3ccccc3)cc(N(c3ccccc3)c3cccc4c(-c5ccc(N(c6ccccc6)c6ccccc6)cc5)cccc34)c2)cc1. The summed E-state index contributed by atoms with van der Waals surface area (Å²) in [5.74, 6) is 0. The molecule has 54 heavy (non-hydrogen) atoms. The number of benzene rings is 9. The van der Waals surface area contributed by atoms with Crippen LogP contribution in [0.3, 0.4) is 0 Å². The van der Waals surface area contributed by atoms with Crippen LogP contribution < -0.4 is 9.80 Å². The van der Waals surface area contributed by atoms with Crippen molar-refractivity contribution >= 4 is 44.9 Å². The summed E-state index contributed by atoms with van der Waals surface area (Å²) in [5.41, 5.74) is 13.8. The van der Waals surface area contributed by atoms with Crippen LogP contribution in [0.1, 0.15) is 0 Å². The van der Waals surface area contributed by atoms with Crippen LogP contribution in [0, 0.1) is 0 Å². The van der Waals surface area contributed by atoms with Crippen LogP contribution >= 0.6 is 0 Å². The van der Waals surface area contributed by atoms with Gasteiger partial charge in [-0.2, -0.15) is 0 Å². The zero-order valence-corrected chi connectivity index (χ0v) is 29.8. The summed E-state index contributed by atoms with van der Waals surface area (Å²) in [6.45, 7) is 0. The van der Waals surface area contributed by atoms with Crippen LogP contribution in [0.2, 0.25) is 0 Å². The Morgan fingerprint density at radius 1 is 0.222 bits per heavy atom. The van der Waals surface area contributed by atoms with Crippen molar-refractivity contribution in [2.75, 3.05) is 9.80 Å². The number of hydrogen-bond acceptors (Lipinski definition) is 2. The van der Waals surface area contributed by atoms with E-state index in [4.69, 9.17) is 0 Å². The monoisotopic (exact) mass is 690 g/mol. The van der Waals surface area contributed by atoms with Gasteiger partial charge in [-0.25, -0.2) is 0 Å². The molecule has 0 saturated heterocycles. The molecule has 0 spiro atoms. The maximum Gasteiger partial charge on any atom is 0.0540 e. The summed E-state index contributed by atoms with van der Waals surface area (Å²) in [4.78, 5) is 4.71. The summed E-state index contributed by atoms with van der Waals surface area (Å²) in [5, 5.41) is 2.39. The zero-order valence-electron chi connectivity index (χ0n) is 29.8. The Bertz CT molecular complexity index is 2520. The van der Waals surface area contributed by atoms with E-state index in [9.17, 15) is 0 Å². The topological polar surface area (TPSA) is 6.48 Å². The minimum atomic E-state index is 1.10. The Morgan fingerprint density at radius 3 is 1.17 bits per heavy atom. The standard InChI is InChI=1S/C52H38N2/c1-6-18-39(19-7-1)42-36-43(40-20-8-2-9-21-40)38-48(37-42)54(46-26-14-5-15-27-46)52-31-17-29-50-49(28-16-30-51(50)52)41-32-34-47(35-33-41)53(44-22-10-3-11-23-44)45-24-12-4-13-25-45/h1-38H. The van der Waals surface area contributed by atoms with Crippen LogP contribution in [-0.2, 0) is 0 Å².